The standard InChI is InChI=1S/C18H26N2O2/c1-4-5-6-11-19-16(21)18(9-10-18)17(22)20-15-12-13(2)7-8-14(15)3/h7-8,12H,4-6,9-11H2,1-3H3,(H,19,21)(H,20,22). The molecule has 1 aliphatic carbocycles. The molecule has 0 radical (unpaired) electrons. The Morgan fingerprint density at radius 2 is 1.86 bits per heavy atom. The van der Waals surface area contributed by atoms with Crippen molar-refractivity contribution in [3.05, 3.63) is 29.3 Å². The first-order valence-corrected chi connectivity index (χ1v) is 8.16. The van der Waals surface area contributed by atoms with Crippen molar-refractivity contribution >= 4 is 17.5 Å². The molecule has 4 nitrogen and oxygen atoms in total. The number of nitrogens with one attached hydrogen (secondary N) is 2. The second kappa shape index (κ2) is 6.95. The summed E-state index contributed by atoms with van der Waals surface area (Å²) in [5.41, 5.74) is 2.06. The molecule has 0 bridgehead atoms. The van der Waals surface area contributed by atoms with Gasteiger partial charge < -0.3 is 10.6 Å². The number of carbonyl (C=O) groups excluding carboxylic acids is 2. The van der Waals surface area contributed by atoms with Crippen LogP contribution in [0.25, 0.3) is 0 Å². The van der Waals surface area contributed by atoms with E-state index < -0.39 is 5.41 Å². The van der Waals surface area contributed by atoms with E-state index in [1.54, 1.807) is 0 Å². The van der Waals surface area contributed by atoms with Gasteiger partial charge in [-0.05, 0) is 50.3 Å². The van der Waals surface area contributed by atoms with Gasteiger partial charge >= 0.3 is 0 Å². The smallest absolute Gasteiger partial charge is 0.240 e. The van der Waals surface area contributed by atoms with Gasteiger partial charge in [0.15, 0.2) is 0 Å². The minimum Gasteiger partial charge on any atom is -0.355 e. The Balaban J connectivity index is 1.96. The molecule has 22 heavy (non-hydrogen) atoms. The van der Waals surface area contributed by atoms with Crippen molar-refractivity contribution < 1.29 is 9.59 Å². The number of aryl methyl sites for hydroxylation is 2. The van der Waals surface area contributed by atoms with Gasteiger partial charge in [-0.2, -0.15) is 0 Å². The van der Waals surface area contributed by atoms with Crippen molar-refractivity contribution in [1.29, 1.82) is 0 Å². The second-order valence-electron chi connectivity index (χ2n) is 6.32. The van der Waals surface area contributed by atoms with Crippen LogP contribution in [0.5, 0.6) is 0 Å². The van der Waals surface area contributed by atoms with Crippen molar-refractivity contribution in [2.75, 3.05) is 11.9 Å². The number of rotatable bonds is 7. The highest BCUT2D eigenvalue weighted by Gasteiger charge is 2.56. The Hall–Kier alpha value is -1.84. The molecule has 2 rings (SSSR count). The highest BCUT2D eigenvalue weighted by Crippen LogP contribution is 2.47. The first kappa shape index (κ1) is 16.5. The molecule has 0 aliphatic heterocycles. The molecular weight excluding hydrogens is 276 g/mol. The Morgan fingerprint density at radius 3 is 2.50 bits per heavy atom. The summed E-state index contributed by atoms with van der Waals surface area (Å²) in [5, 5.41) is 5.85. The van der Waals surface area contributed by atoms with E-state index in [0.717, 1.165) is 36.1 Å². The van der Waals surface area contributed by atoms with Crippen LogP contribution in [0.3, 0.4) is 0 Å². The lowest BCUT2D eigenvalue weighted by Gasteiger charge is -2.16. The van der Waals surface area contributed by atoms with E-state index in [4.69, 9.17) is 0 Å². The summed E-state index contributed by atoms with van der Waals surface area (Å²) in [5.74, 6) is -0.291. The first-order valence-electron chi connectivity index (χ1n) is 8.16. The molecule has 1 aliphatic rings. The van der Waals surface area contributed by atoms with E-state index >= 15 is 0 Å². The van der Waals surface area contributed by atoms with Crippen molar-refractivity contribution in [2.24, 2.45) is 5.41 Å². The third kappa shape index (κ3) is 3.67. The van der Waals surface area contributed by atoms with Gasteiger partial charge in [0.05, 0.1) is 0 Å². The minimum absolute atomic E-state index is 0.119. The van der Waals surface area contributed by atoms with Gasteiger partial charge in [0.1, 0.15) is 5.41 Å². The van der Waals surface area contributed by atoms with Gasteiger partial charge in [-0.15, -0.1) is 0 Å². The summed E-state index contributed by atoms with van der Waals surface area (Å²) < 4.78 is 0. The molecule has 0 aromatic heterocycles. The maximum Gasteiger partial charge on any atom is 0.240 e. The molecule has 120 valence electrons. The number of amides is 2. The van der Waals surface area contributed by atoms with E-state index in [1.165, 1.54) is 0 Å². The van der Waals surface area contributed by atoms with Crippen LogP contribution in [-0.4, -0.2) is 18.4 Å². The average Bonchev–Trinajstić information content (AvgIpc) is 3.29. The molecule has 1 aromatic carbocycles. The maximum absolute atomic E-state index is 12.5. The number of carbonyl (C=O) groups is 2. The highest BCUT2D eigenvalue weighted by molar-refractivity contribution is 6.13. The Kier molecular flexibility index (Phi) is 5.22. The van der Waals surface area contributed by atoms with Gasteiger partial charge in [-0.1, -0.05) is 31.9 Å². The zero-order valence-electron chi connectivity index (χ0n) is 13.8. The van der Waals surface area contributed by atoms with Crippen molar-refractivity contribution in [3.63, 3.8) is 0 Å². The third-order valence-corrected chi connectivity index (χ3v) is 4.33. The Morgan fingerprint density at radius 1 is 1.14 bits per heavy atom. The van der Waals surface area contributed by atoms with Crippen LogP contribution >= 0.6 is 0 Å². The fourth-order valence-electron chi connectivity index (χ4n) is 2.54. The van der Waals surface area contributed by atoms with Crippen molar-refractivity contribution in [1.82, 2.24) is 5.32 Å². The van der Waals surface area contributed by atoms with Gasteiger partial charge in [0, 0.05) is 12.2 Å². The Labute approximate surface area is 132 Å². The van der Waals surface area contributed by atoms with Crippen LogP contribution in [0, 0.1) is 19.3 Å². The minimum atomic E-state index is -0.845. The normalized spacial score (nSPS) is 15.2. The lowest BCUT2D eigenvalue weighted by molar-refractivity contribution is -0.134. The van der Waals surface area contributed by atoms with Crippen molar-refractivity contribution in [2.45, 2.75) is 52.9 Å². The first-order chi connectivity index (χ1) is 10.5. The fourth-order valence-corrected chi connectivity index (χ4v) is 2.54. The molecule has 0 unspecified atom stereocenters. The zero-order valence-corrected chi connectivity index (χ0v) is 13.8. The number of hydrogen-bond donors (Lipinski definition) is 2. The van der Waals surface area contributed by atoms with Crippen LogP contribution in [0.1, 0.15) is 50.2 Å². The average molecular weight is 302 g/mol. The maximum atomic E-state index is 12.5. The van der Waals surface area contributed by atoms with E-state index in [-0.39, 0.29) is 11.8 Å². The molecule has 0 heterocycles. The number of hydrogen-bond acceptors (Lipinski definition) is 2. The quantitative estimate of drug-likeness (QED) is 0.599. The summed E-state index contributed by atoms with van der Waals surface area (Å²) in [6, 6.07) is 5.94. The second-order valence-corrected chi connectivity index (χ2v) is 6.32. The van der Waals surface area contributed by atoms with Crippen LogP contribution in [-0.2, 0) is 9.59 Å². The molecule has 0 spiro atoms. The number of anilines is 1. The molecule has 0 saturated heterocycles. The van der Waals surface area contributed by atoms with Crippen LogP contribution in [0.2, 0.25) is 0 Å². The molecule has 0 atom stereocenters. The van der Waals surface area contributed by atoms with E-state index in [1.807, 2.05) is 32.0 Å². The topological polar surface area (TPSA) is 58.2 Å². The van der Waals surface area contributed by atoms with Gasteiger partial charge in [-0.25, -0.2) is 0 Å². The van der Waals surface area contributed by atoms with Crippen molar-refractivity contribution in [3.8, 4) is 0 Å². The SMILES string of the molecule is CCCCCNC(=O)C1(C(=O)Nc2cc(C)ccc2C)CC1. The summed E-state index contributed by atoms with van der Waals surface area (Å²) in [6.45, 7) is 6.73. The molecule has 1 fully saturated rings. The molecule has 2 amide bonds. The van der Waals surface area contributed by atoms with E-state index in [2.05, 4.69) is 17.6 Å². The largest absolute Gasteiger partial charge is 0.355 e. The highest BCUT2D eigenvalue weighted by atomic mass is 16.2. The predicted molar refractivity (Wildman–Crippen MR) is 88.7 cm³/mol. The van der Waals surface area contributed by atoms with Crippen LogP contribution in [0.4, 0.5) is 5.69 Å². The van der Waals surface area contributed by atoms with Gasteiger partial charge in [0.2, 0.25) is 11.8 Å². The fraction of sp³-hybridized carbons (Fsp3) is 0.556. The van der Waals surface area contributed by atoms with Gasteiger partial charge in [0.25, 0.3) is 0 Å². The summed E-state index contributed by atoms with van der Waals surface area (Å²) >= 11 is 0. The number of benzene rings is 1. The molecule has 1 aromatic rings. The van der Waals surface area contributed by atoms with Gasteiger partial charge in [-0.3, -0.25) is 9.59 Å². The van der Waals surface area contributed by atoms with E-state index in [9.17, 15) is 9.59 Å². The molecule has 4 heteroatoms. The zero-order chi connectivity index (χ0) is 16.2. The summed E-state index contributed by atoms with van der Waals surface area (Å²) in [7, 11) is 0. The lowest BCUT2D eigenvalue weighted by atomic mass is 10.0. The monoisotopic (exact) mass is 302 g/mol. The molecule has 2 N–H and O–H groups in total. The van der Waals surface area contributed by atoms with Crippen LogP contribution in [0.15, 0.2) is 18.2 Å². The van der Waals surface area contributed by atoms with E-state index in [0.29, 0.717) is 19.4 Å². The summed E-state index contributed by atoms with van der Waals surface area (Å²) in [4.78, 5) is 24.8. The molecule has 1 saturated carbocycles. The van der Waals surface area contributed by atoms with Crippen LogP contribution < -0.4 is 10.6 Å². The lowest BCUT2D eigenvalue weighted by Crippen LogP contribution is -2.40. The third-order valence-electron chi connectivity index (χ3n) is 4.33. The summed E-state index contributed by atoms with van der Waals surface area (Å²) in [6.07, 6.45) is 4.47. The molecular formula is C18H26N2O2. The number of unbranched alkanes of at least 4 members (excludes halogenated alkanes) is 2. The Bertz CT molecular complexity index is 562. The predicted octanol–water partition coefficient (Wildman–Crippen LogP) is 3.33.